The highest BCUT2D eigenvalue weighted by Crippen LogP contribution is 2.25. The van der Waals surface area contributed by atoms with Gasteiger partial charge in [0.15, 0.2) is 0 Å². The van der Waals surface area contributed by atoms with E-state index in [1.54, 1.807) is 14.2 Å². The van der Waals surface area contributed by atoms with Gasteiger partial charge in [0.25, 0.3) is 0 Å². The van der Waals surface area contributed by atoms with Crippen LogP contribution < -0.4 is 19.5 Å². The van der Waals surface area contributed by atoms with Crippen molar-refractivity contribution in [3.8, 4) is 17.2 Å². The molecule has 2 aromatic carbocycles. The molecule has 0 aliphatic heterocycles. The molecule has 0 spiro atoms. The third-order valence-electron chi connectivity index (χ3n) is 3.73. The number of aryl methyl sites for hydroxylation is 1. The van der Waals surface area contributed by atoms with E-state index < -0.39 is 0 Å². The van der Waals surface area contributed by atoms with Crippen molar-refractivity contribution in [2.24, 2.45) is 0 Å². The molecule has 0 fully saturated rings. The Bertz CT molecular complexity index is 611. The zero-order valence-corrected chi connectivity index (χ0v) is 14.3. The standard InChI is InChI=1S/C19H25NO3/c1-14-5-10-19(22-4)18(13-14)15(2)20-11-12-23-17-8-6-16(21-3)7-9-17/h5-10,13,15,20H,11-12H2,1-4H3. The van der Waals surface area contributed by atoms with Crippen LogP contribution in [0.25, 0.3) is 0 Å². The van der Waals surface area contributed by atoms with E-state index in [1.165, 1.54) is 5.56 Å². The maximum Gasteiger partial charge on any atom is 0.123 e. The largest absolute Gasteiger partial charge is 0.497 e. The van der Waals surface area contributed by atoms with Crippen molar-refractivity contribution < 1.29 is 14.2 Å². The van der Waals surface area contributed by atoms with Crippen molar-refractivity contribution in [1.29, 1.82) is 0 Å². The highest BCUT2D eigenvalue weighted by Gasteiger charge is 2.11. The average molecular weight is 315 g/mol. The van der Waals surface area contributed by atoms with Crippen LogP contribution in [0, 0.1) is 6.92 Å². The summed E-state index contributed by atoms with van der Waals surface area (Å²) in [6.07, 6.45) is 0. The maximum absolute atomic E-state index is 5.72. The summed E-state index contributed by atoms with van der Waals surface area (Å²) in [6, 6.07) is 14.0. The minimum atomic E-state index is 0.198. The van der Waals surface area contributed by atoms with Crippen LogP contribution in [-0.4, -0.2) is 27.4 Å². The first-order valence-corrected chi connectivity index (χ1v) is 7.79. The van der Waals surface area contributed by atoms with Crippen LogP contribution in [0.3, 0.4) is 0 Å². The van der Waals surface area contributed by atoms with Gasteiger partial charge in [0.05, 0.1) is 14.2 Å². The normalized spacial score (nSPS) is 11.8. The number of hydrogen-bond donors (Lipinski definition) is 1. The molecule has 0 aromatic heterocycles. The molecule has 1 unspecified atom stereocenters. The van der Waals surface area contributed by atoms with Crippen LogP contribution in [0.5, 0.6) is 17.2 Å². The molecule has 0 amide bonds. The summed E-state index contributed by atoms with van der Waals surface area (Å²) in [5.74, 6) is 2.58. The van der Waals surface area contributed by atoms with E-state index in [1.807, 2.05) is 30.3 Å². The molecular formula is C19H25NO3. The summed E-state index contributed by atoms with van der Waals surface area (Å²) in [6.45, 7) is 5.57. The summed E-state index contributed by atoms with van der Waals surface area (Å²) >= 11 is 0. The number of methoxy groups -OCH3 is 2. The van der Waals surface area contributed by atoms with Crippen LogP contribution in [0.1, 0.15) is 24.1 Å². The molecule has 0 saturated heterocycles. The Balaban J connectivity index is 1.82. The van der Waals surface area contributed by atoms with Gasteiger partial charge in [-0.1, -0.05) is 17.7 Å². The third-order valence-corrected chi connectivity index (χ3v) is 3.73. The summed E-state index contributed by atoms with van der Waals surface area (Å²) in [5.41, 5.74) is 2.39. The van der Waals surface area contributed by atoms with E-state index >= 15 is 0 Å². The van der Waals surface area contributed by atoms with Crippen molar-refractivity contribution in [1.82, 2.24) is 5.32 Å². The highest BCUT2D eigenvalue weighted by atomic mass is 16.5. The first kappa shape index (κ1) is 17.2. The Kier molecular flexibility index (Phi) is 6.29. The molecule has 0 heterocycles. The molecular weight excluding hydrogens is 290 g/mol. The quantitative estimate of drug-likeness (QED) is 0.753. The molecule has 0 bridgehead atoms. The molecule has 2 rings (SSSR count). The Morgan fingerprint density at radius 2 is 1.65 bits per heavy atom. The van der Waals surface area contributed by atoms with Crippen molar-refractivity contribution in [3.63, 3.8) is 0 Å². The molecule has 4 nitrogen and oxygen atoms in total. The first-order valence-electron chi connectivity index (χ1n) is 7.79. The van der Waals surface area contributed by atoms with Gasteiger partial charge >= 0.3 is 0 Å². The van der Waals surface area contributed by atoms with Gasteiger partial charge in [0, 0.05) is 18.2 Å². The lowest BCUT2D eigenvalue weighted by molar-refractivity contribution is 0.305. The SMILES string of the molecule is COc1ccc(OCCNC(C)c2cc(C)ccc2OC)cc1. The minimum Gasteiger partial charge on any atom is -0.497 e. The molecule has 2 aromatic rings. The zero-order chi connectivity index (χ0) is 16.7. The van der Waals surface area contributed by atoms with Crippen LogP contribution in [0.15, 0.2) is 42.5 Å². The molecule has 124 valence electrons. The van der Waals surface area contributed by atoms with Gasteiger partial charge in [-0.25, -0.2) is 0 Å². The number of benzene rings is 2. The van der Waals surface area contributed by atoms with E-state index in [0.717, 1.165) is 29.4 Å². The molecule has 1 N–H and O–H groups in total. The van der Waals surface area contributed by atoms with Crippen molar-refractivity contribution >= 4 is 0 Å². The van der Waals surface area contributed by atoms with Gasteiger partial charge < -0.3 is 19.5 Å². The van der Waals surface area contributed by atoms with E-state index in [-0.39, 0.29) is 6.04 Å². The molecule has 23 heavy (non-hydrogen) atoms. The fourth-order valence-electron chi connectivity index (χ4n) is 2.42. The van der Waals surface area contributed by atoms with E-state index in [2.05, 4.69) is 31.3 Å². The second-order valence-electron chi connectivity index (χ2n) is 5.45. The molecule has 1 atom stereocenters. The lowest BCUT2D eigenvalue weighted by Gasteiger charge is -2.18. The third kappa shape index (κ3) is 4.89. The zero-order valence-electron chi connectivity index (χ0n) is 14.3. The number of ether oxygens (including phenoxy) is 3. The van der Waals surface area contributed by atoms with Gasteiger partial charge in [-0.3, -0.25) is 0 Å². The Morgan fingerprint density at radius 1 is 0.957 bits per heavy atom. The minimum absolute atomic E-state index is 0.198. The first-order chi connectivity index (χ1) is 11.1. The molecule has 0 saturated carbocycles. The van der Waals surface area contributed by atoms with E-state index in [0.29, 0.717) is 6.61 Å². The lowest BCUT2D eigenvalue weighted by Crippen LogP contribution is -2.24. The summed E-state index contributed by atoms with van der Waals surface area (Å²) in [5, 5.41) is 3.46. The van der Waals surface area contributed by atoms with Crippen LogP contribution in [-0.2, 0) is 0 Å². The molecule has 0 radical (unpaired) electrons. The van der Waals surface area contributed by atoms with Gasteiger partial charge in [-0.2, -0.15) is 0 Å². The second kappa shape index (κ2) is 8.44. The smallest absolute Gasteiger partial charge is 0.123 e. The van der Waals surface area contributed by atoms with Crippen LogP contribution in [0.4, 0.5) is 0 Å². The van der Waals surface area contributed by atoms with Crippen LogP contribution >= 0.6 is 0 Å². The topological polar surface area (TPSA) is 39.7 Å². The van der Waals surface area contributed by atoms with Crippen molar-refractivity contribution in [2.45, 2.75) is 19.9 Å². The van der Waals surface area contributed by atoms with Gasteiger partial charge in [-0.05, 0) is 44.2 Å². The molecule has 0 aliphatic carbocycles. The van der Waals surface area contributed by atoms with Gasteiger partial charge in [-0.15, -0.1) is 0 Å². The van der Waals surface area contributed by atoms with Gasteiger partial charge in [0.1, 0.15) is 23.9 Å². The van der Waals surface area contributed by atoms with Gasteiger partial charge in [0.2, 0.25) is 0 Å². The summed E-state index contributed by atoms with van der Waals surface area (Å²) in [4.78, 5) is 0. The second-order valence-corrected chi connectivity index (χ2v) is 5.45. The number of hydrogen-bond acceptors (Lipinski definition) is 4. The summed E-state index contributed by atoms with van der Waals surface area (Å²) < 4.78 is 16.3. The predicted molar refractivity (Wildman–Crippen MR) is 92.6 cm³/mol. The van der Waals surface area contributed by atoms with Crippen LogP contribution in [0.2, 0.25) is 0 Å². The number of rotatable bonds is 8. The van der Waals surface area contributed by atoms with E-state index in [4.69, 9.17) is 14.2 Å². The molecule has 4 heteroatoms. The predicted octanol–water partition coefficient (Wildman–Crippen LogP) is 3.74. The molecule has 0 aliphatic rings. The Morgan fingerprint density at radius 3 is 2.30 bits per heavy atom. The maximum atomic E-state index is 5.72. The Labute approximate surface area is 138 Å². The van der Waals surface area contributed by atoms with Crippen molar-refractivity contribution in [2.75, 3.05) is 27.4 Å². The Hall–Kier alpha value is -2.20. The average Bonchev–Trinajstić information content (AvgIpc) is 2.59. The fraction of sp³-hybridized carbons (Fsp3) is 0.368. The lowest BCUT2D eigenvalue weighted by atomic mass is 10.0. The van der Waals surface area contributed by atoms with E-state index in [9.17, 15) is 0 Å². The monoisotopic (exact) mass is 315 g/mol. The highest BCUT2D eigenvalue weighted by molar-refractivity contribution is 5.38. The summed E-state index contributed by atoms with van der Waals surface area (Å²) in [7, 11) is 3.36. The number of nitrogens with one attached hydrogen (secondary N) is 1. The fourth-order valence-corrected chi connectivity index (χ4v) is 2.42. The van der Waals surface area contributed by atoms with Crippen molar-refractivity contribution in [3.05, 3.63) is 53.6 Å².